The molecule has 0 amide bonds. The highest BCUT2D eigenvalue weighted by Crippen LogP contribution is 2.59. The molecule has 8 heterocycles. The first-order valence-electron chi connectivity index (χ1n) is 25.7. The van der Waals surface area contributed by atoms with Crippen molar-refractivity contribution in [3.05, 3.63) is 188 Å². The maximum absolute atomic E-state index is 6.85. The fourth-order valence-electron chi connectivity index (χ4n) is 15.0. The first-order chi connectivity index (χ1) is 35.8. The molecule has 17 aromatic rings. The molecule has 72 heavy (non-hydrogen) atoms. The second-order valence-electron chi connectivity index (χ2n) is 20.9. The van der Waals surface area contributed by atoms with Gasteiger partial charge in [-0.2, -0.15) is 0 Å². The van der Waals surface area contributed by atoms with Gasteiger partial charge >= 0.3 is 0 Å². The van der Waals surface area contributed by atoms with Crippen molar-refractivity contribution in [3.63, 3.8) is 0 Å². The van der Waals surface area contributed by atoms with Crippen molar-refractivity contribution in [3.8, 4) is 5.69 Å². The number of benzene rings is 10. The normalized spacial score (nSPS) is 16.6. The Balaban J connectivity index is 0.963. The predicted molar refractivity (Wildman–Crippen MR) is 298 cm³/mol. The van der Waals surface area contributed by atoms with Crippen LogP contribution in [0.4, 0.5) is 11.4 Å². The maximum atomic E-state index is 6.85. The first kappa shape index (κ1) is 36.9. The Morgan fingerprint density at radius 2 is 0.847 bits per heavy atom. The van der Waals surface area contributed by atoms with Gasteiger partial charge in [0.25, 0.3) is 0 Å². The molecular weight excluding hydrogens is 881 g/mol. The third-order valence-electron chi connectivity index (χ3n) is 17.7. The van der Waals surface area contributed by atoms with Gasteiger partial charge in [0.1, 0.15) is 11.2 Å². The van der Waals surface area contributed by atoms with E-state index in [1.807, 2.05) is 0 Å². The summed E-state index contributed by atoms with van der Waals surface area (Å²) in [5, 5.41) is 17.6. The number of hydrogen-bond acceptors (Lipinski definition) is 3. The molecule has 1 aliphatic heterocycles. The van der Waals surface area contributed by atoms with Crippen molar-refractivity contribution in [2.75, 3.05) is 4.90 Å². The first-order valence-corrected chi connectivity index (χ1v) is 25.7. The van der Waals surface area contributed by atoms with Gasteiger partial charge in [-0.3, -0.25) is 0 Å². The molecule has 336 valence electrons. The lowest BCUT2D eigenvalue weighted by Gasteiger charge is -2.33. The number of para-hydroxylation sites is 7. The summed E-state index contributed by atoms with van der Waals surface area (Å²) < 4.78 is 21.3. The third-order valence-corrected chi connectivity index (χ3v) is 17.7. The fraction of sp³-hybridized carbons (Fsp3) is 0.0909. The second-order valence-corrected chi connectivity index (χ2v) is 20.9. The predicted octanol–water partition coefficient (Wildman–Crippen LogP) is 18.1. The van der Waals surface area contributed by atoms with Crippen molar-refractivity contribution in [1.82, 2.24) is 13.4 Å². The second kappa shape index (κ2) is 12.7. The van der Waals surface area contributed by atoms with E-state index in [0.717, 1.165) is 45.2 Å². The van der Waals surface area contributed by atoms with Gasteiger partial charge in [0.2, 0.25) is 0 Å². The summed E-state index contributed by atoms with van der Waals surface area (Å²) in [6, 6.07) is 68.1. The summed E-state index contributed by atoms with van der Waals surface area (Å²) in [4.78, 5) is 2.72. The molecule has 2 aliphatic rings. The molecule has 1 fully saturated rings. The molecule has 10 aromatic carbocycles. The minimum Gasteiger partial charge on any atom is -0.454 e. The standard InChI is InChI=1S/C66H40N4O2/c1-7-23-47-39(17-1)59-55(67(47)51-27-13-21-37-35-15-5-11-29-57(35)71-65(37)51)33-45-43-31-54-44(32-53(43)69-49-25-9-3-19-41(49)61(59)63(45)69)46-34-56-60(62-42-20-4-10-26-50(42)70(54)64(46)62)40-18-2-8-24-48(40)68(56)52-28-14-22-38-36-16-6-12-30-58(36)72-66(38)52/h1,3-7,9-17,19-23,25-34,40,48H,2,8,18,24H2. The van der Waals surface area contributed by atoms with Crippen LogP contribution in [0.2, 0.25) is 0 Å². The lowest BCUT2D eigenvalue weighted by Crippen LogP contribution is -2.32. The van der Waals surface area contributed by atoms with Crippen LogP contribution in [-0.4, -0.2) is 19.4 Å². The Hall–Kier alpha value is -9.00. The van der Waals surface area contributed by atoms with Gasteiger partial charge < -0.3 is 27.1 Å². The number of furan rings is 2. The molecular formula is C66H40N4O2. The zero-order valence-corrected chi connectivity index (χ0v) is 38.9. The van der Waals surface area contributed by atoms with Crippen LogP contribution in [0.25, 0.3) is 148 Å². The van der Waals surface area contributed by atoms with E-state index in [4.69, 9.17) is 8.83 Å². The van der Waals surface area contributed by atoms with Crippen molar-refractivity contribution in [2.24, 2.45) is 0 Å². The minimum atomic E-state index is 0.353. The smallest absolute Gasteiger partial charge is 0.159 e. The molecule has 0 N–H and O–H groups in total. The molecule has 0 radical (unpaired) electrons. The van der Waals surface area contributed by atoms with Gasteiger partial charge in [0.15, 0.2) is 11.2 Å². The molecule has 6 nitrogen and oxygen atoms in total. The summed E-state index contributed by atoms with van der Waals surface area (Å²) in [7, 11) is 0. The van der Waals surface area contributed by atoms with E-state index in [-0.39, 0.29) is 0 Å². The number of aromatic nitrogens is 3. The van der Waals surface area contributed by atoms with E-state index in [9.17, 15) is 0 Å². The molecule has 0 bridgehead atoms. The topological polar surface area (TPSA) is 43.3 Å². The van der Waals surface area contributed by atoms with Crippen LogP contribution < -0.4 is 4.90 Å². The Kier molecular flexibility index (Phi) is 6.49. The molecule has 1 aliphatic carbocycles. The van der Waals surface area contributed by atoms with Crippen molar-refractivity contribution in [1.29, 1.82) is 0 Å². The van der Waals surface area contributed by atoms with Crippen LogP contribution in [0.3, 0.4) is 0 Å². The van der Waals surface area contributed by atoms with Gasteiger partial charge in [-0.1, -0.05) is 128 Å². The van der Waals surface area contributed by atoms with E-state index in [2.05, 4.69) is 200 Å². The zero-order chi connectivity index (χ0) is 46.2. The summed E-state index contributed by atoms with van der Waals surface area (Å²) in [6.45, 7) is 0. The molecule has 2 unspecified atom stereocenters. The molecule has 0 saturated heterocycles. The molecule has 19 rings (SSSR count). The van der Waals surface area contributed by atoms with Crippen LogP contribution in [0.1, 0.15) is 37.2 Å². The fourth-order valence-corrected chi connectivity index (χ4v) is 15.0. The Bertz CT molecular complexity index is 5270. The zero-order valence-electron chi connectivity index (χ0n) is 38.9. The van der Waals surface area contributed by atoms with E-state index >= 15 is 0 Å². The summed E-state index contributed by atoms with van der Waals surface area (Å²) >= 11 is 0. The van der Waals surface area contributed by atoms with Gasteiger partial charge in [-0.25, -0.2) is 0 Å². The third kappa shape index (κ3) is 4.19. The summed E-state index contributed by atoms with van der Waals surface area (Å²) in [5.41, 5.74) is 18.8. The number of anilines is 2. The number of hydrogen-bond donors (Lipinski definition) is 0. The van der Waals surface area contributed by atoms with Crippen molar-refractivity contribution in [2.45, 2.75) is 37.6 Å². The van der Waals surface area contributed by atoms with Crippen LogP contribution in [0.15, 0.2) is 191 Å². The van der Waals surface area contributed by atoms with Crippen molar-refractivity contribution >= 4 is 153 Å². The lowest BCUT2D eigenvalue weighted by atomic mass is 9.81. The van der Waals surface area contributed by atoms with Gasteiger partial charge in [-0.15, -0.1) is 0 Å². The minimum absolute atomic E-state index is 0.353. The maximum Gasteiger partial charge on any atom is 0.159 e. The molecule has 6 heteroatoms. The van der Waals surface area contributed by atoms with E-state index < -0.39 is 0 Å². The Morgan fingerprint density at radius 3 is 1.53 bits per heavy atom. The number of rotatable bonds is 2. The summed E-state index contributed by atoms with van der Waals surface area (Å²) in [5.74, 6) is 0.418. The Labute approximate surface area is 409 Å². The van der Waals surface area contributed by atoms with Crippen molar-refractivity contribution < 1.29 is 8.83 Å². The quantitative estimate of drug-likeness (QED) is 0.173. The van der Waals surface area contributed by atoms with Gasteiger partial charge in [-0.05, 0) is 85.1 Å². The van der Waals surface area contributed by atoms with Crippen LogP contribution in [-0.2, 0) is 0 Å². The number of fused-ring (bicyclic) bond motifs is 26. The largest absolute Gasteiger partial charge is 0.454 e. The SMILES string of the molecule is c1ccc2c(c1)oc1c(N3c4cc5c6cc7c(cc6n6c8ccccc8c(c4C4CCCCC43)c56)c3cc4c(c5ccccc5n4-c4cccc5c4oc4ccccc45)c4c5ccccc5n7c34)cccc12. The van der Waals surface area contributed by atoms with Crippen LogP contribution in [0, 0.1) is 0 Å². The highest BCUT2D eigenvalue weighted by atomic mass is 16.3. The molecule has 7 aromatic heterocycles. The lowest BCUT2D eigenvalue weighted by molar-refractivity contribution is 0.403. The van der Waals surface area contributed by atoms with Crippen LogP contribution in [0.5, 0.6) is 0 Å². The van der Waals surface area contributed by atoms with E-state index in [1.54, 1.807) is 0 Å². The molecule has 0 spiro atoms. The number of nitrogens with zero attached hydrogens (tertiary/aromatic N) is 4. The highest BCUT2D eigenvalue weighted by Gasteiger charge is 2.44. The average molecular weight is 921 g/mol. The highest BCUT2D eigenvalue weighted by molar-refractivity contribution is 6.37. The van der Waals surface area contributed by atoms with Gasteiger partial charge in [0, 0.05) is 93.1 Å². The Morgan fingerprint density at radius 1 is 0.347 bits per heavy atom. The molecule has 1 saturated carbocycles. The monoisotopic (exact) mass is 920 g/mol. The summed E-state index contributed by atoms with van der Waals surface area (Å²) in [6.07, 6.45) is 4.82. The van der Waals surface area contributed by atoms with E-state index in [0.29, 0.717) is 12.0 Å². The molecule has 2 atom stereocenters. The van der Waals surface area contributed by atoms with E-state index in [1.165, 1.54) is 145 Å². The van der Waals surface area contributed by atoms with Crippen LogP contribution >= 0.6 is 0 Å². The van der Waals surface area contributed by atoms with Gasteiger partial charge in [0.05, 0.1) is 55.5 Å². The average Bonchev–Trinajstić information content (AvgIpc) is 4.32.